The molecule has 20 heavy (non-hydrogen) atoms. The molecule has 1 aromatic rings. The molecular formula is C12H21N5O2S. The normalized spacial score (nSPS) is 21.2. The van der Waals surface area contributed by atoms with Crippen molar-refractivity contribution in [2.75, 3.05) is 39.5 Å². The van der Waals surface area contributed by atoms with Crippen LogP contribution < -0.4 is 0 Å². The number of aromatic nitrogens is 3. The molecule has 0 saturated carbocycles. The van der Waals surface area contributed by atoms with E-state index >= 15 is 0 Å². The zero-order valence-corrected chi connectivity index (χ0v) is 12.9. The molecule has 0 bridgehead atoms. The molecule has 0 spiro atoms. The predicted octanol–water partition coefficient (Wildman–Crippen LogP) is 0.00902. The first-order valence-corrected chi connectivity index (χ1v) is 7.59. The number of carboxylic acid groups (broad SMARTS) is 1. The van der Waals surface area contributed by atoms with Crippen molar-refractivity contribution in [3.05, 3.63) is 5.82 Å². The highest BCUT2D eigenvalue weighted by Crippen LogP contribution is 2.19. The maximum Gasteiger partial charge on any atom is 0.313 e. The molecule has 0 aliphatic carbocycles. The Kier molecular flexibility index (Phi) is 5.00. The largest absolute Gasteiger partial charge is 0.481 e. The predicted molar refractivity (Wildman–Crippen MR) is 77.0 cm³/mol. The van der Waals surface area contributed by atoms with Crippen LogP contribution in [0.1, 0.15) is 5.82 Å². The molecule has 0 aromatic carbocycles. The van der Waals surface area contributed by atoms with Gasteiger partial charge in [-0.15, -0.1) is 10.2 Å². The average molecular weight is 299 g/mol. The molecule has 8 heteroatoms. The van der Waals surface area contributed by atoms with Crippen molar-refractivity contribution in [1.82, 2.24) is 24.6 Å². The van der Waals surface area contributed by atoms with E-state index in [1.165, 1.54) is 11.8 Å². The highest BCUT2D eigenvalue weighted by atomic mass is 32.2. The van der Waals surface area contributed by atoms with E-state index in [4.69, 9.17) is 5.11 Å². The fourth-order valence-electron chi connectivity index (χ4n) is 2.31. The van der Waals surface area contributed by atoms with Crippen molar-refractivity contribution in [2.24, 2.45) is 0 Å². The minimum Gasteiger partial charge on any atom is -0.481 e. The third kappa shape index (κ3) is 3.71. The Hall–Kier alpha value is -1.12. The lowest BCUT2D eigenvalue weighted by molar-refractivity contribution is -0.133. The average Bonchev–Trinajstić information content (AvgIpc) is 2.73. The maximum atomic E-state index is 10.7. The van der Waals surface area contributed by atoms with Crippen LogP contribution in [-0.4, -0.2) is 81.2 Å². The highest BCUT2D eigenvalue weighted by Gasteiger charge is 2.24. The third-order valence-electron chi connectivity index (χ3n) is 3.60. The summed E-state index contributed by atoms with van der Waals surface area (Å²) in [6.07, 6.45) is 0. The van der Waals surface area contributed by atoms with Gasteiger partial charge in [0.15, 0.2) is 5.16 Å². The van der Waals surface area contributed by atoms with Crippen molar-refractivity contribution < 1.29 is 9.90 Å². The van der Waals surface area contributed by atoms with Gasteiger partial charge in [0.2, 0.25) is 0 Å². The van der Waals surface area contributed by atoms with Crippen molar-refractivity contribution >= 4 is 17.7 Å². The summed E-state index contributed by atoms with van der Waals surface area (Å²) in [6, 6.07) is 0.396. The van der Waals surface area contributed by atoms with E-state index in [1.807, 2.05) is 11.5 Å². The fourth-order valence-corrected chi connectivity index (χ4v) is 3.03. The standard InChI is InChI=1S/C12H21N5O2S/c1-9-13-14-12(20-8-11(18)19)17(9)7-10-6-15(2)4-5-16(10)3/h10H,4-8H2,1-3H3,(H,18,19). The van der Waals surface area contributed by atoms with Gasteiger partial charge in [-0.3, -0.25) is 9.69 Å². The lowest BCUT2D eigenvalue weighted by Crippen LogP contribution is -2.51. The molecule has 0 amide bonds. The topological polar surface area (TPSA) is 74.5 Å². The number of hydrogen-bond acceptors (Lipinski definition) is 6. The van der Waals surface area contributed by atoms with Crippen LogP contribution in [0, 0.1) is 6.92 Å². The number of hydrogen-bond donors (Lipinski definition) is 1. The Bertz CT molecular complexity index is 478. The summed E-state index contributed by atoms with van der Waals surface area (Å²) in [5.74, 6) is 0.00896. The summed E-state index contributed by atoms with van der Waals surface area (Å²) in [5, 5.41) is 17.6. The second kappa shape index (κ2) is 6.55. The van der Waals surface area contributed by atoms with Crippen LogP contribution in [0.15, 0.2) is 5.16 Å². The molecule has 1 aliphatic rings. The molecule has 1 N–H and O–H groups in total. The van der Waals surface area contributed by atoms with E-state index in [1.54, 1.807) is 0 Å². The van der Waals surface area contributed by atoms with Crippen molar-refractivity contribution in [1.29, 1.82) is 0 Å². The first-order chi connectivity index (χ1) is 9.47. The molecule has 2 rings (SSSR count). The first-order valence-electron chi connectivity index (χ1n) is 6.60. The molecule has 1 saturated heterocycles. The number of aliphatic carboxylic acids is 1. The number of thioether (sulfide) groups is 1. The van der Waals surface area contributed by atoms with Crippen molar-refractivity contribution in [2.45, 2.75) is 24.7 Å². The number of carboxylic acids is 1. The molecule has 1 atom stereocenters. The van der Waals surface area contributed by atoms with Gasteiger partial charge in [0.1, 0.15) is 5.82 Å². The molecule has 1 unspecified atom stereocenters. The quantitative estimate of drug-likeness (QED) is 0.768. The molecule has 1 aliphatic heterocycles. The number of piperazine rings is 1. The van der Waals surface area contributed by atoms with Crippen LogP contribution in [0.3, 0.4) is 0 Å². The molecule has 1 fully saturated rings. The summed E-state index contributed by atoms with van der Waals surface area (Å²) < 4.78 is 2.02. The summed E-state index contributed by atoms with van der Waals surface area (Å²) in [6.45, 7) is 5.82. The van der Waals surface area contributed by atoms with Gasteiger partial charge >= 0.3 is 5.97 Å². The number of carbonyl (C=O) groups is 1. The number of nitrogens with zero attached hydrogens (tertiary/aromatic N) is 5. The van der Waals surface area contributed by atoms with Gasteiger partial charge in [-0.2, -0.15) is 0 Å². The zero-order valence-electron chi connectivity index (χ0n) is 12.1. The number of likely N-dealkylation sites (N-methyl/N-ethyl adjacent to an activating group) is 2. The van der Waals surface area contributed by atoms with Gasteiger partial charge in [-0.25, -0.2) is 0 Å². The summed E-state index contributed by atoms with van der Waals surface area (Å²) in [4.78, 5) is 15.3. The van der Waals surface area contributed by atoms with Crippen LogP contribution >= 0.6 is 11.8 Å². The SMILES string of the molecule is Cc1nnc(SCC(=O)O)n1CC1CN(C)CCN1C. The van der Waals surface area contributed by atoms with E-state index in [0.717, 1.165) is 32.0 Å². The zero-order chi connectivity index (χ0) is 14.7. The van der Waals surface area contributed by atoms with Gasteiger partial charge in [-0.1, -0.05) is 11.8 Å². The Balaban J connectivity index is 2.07. The molecule has 1 aromatic heterocycles. The molecule has 2 heterocycles. The minimum atomic E-state index is -0.836. The van der Waals surface area contributed by atoms with Crippen LogP contribution in [0.4, 0.5) is 0 Å². The minimum absolute atomic E-state index is 0.0124. The van der Waals surface area contributed by atoms with Crippen LogP contribution in [0.2, 0.25) is 0 Å². The van der Waals surface area contributed by atoms with Gasteiger partial charge in [-0.05, 0) is 21.0 Å². The maximum absolute atomic E-state index is 10.7. The van der Waals surface area contributed by atoms with Gasteiger partial charge in [0.05, 0.1) is 5.75 Å². The molecule has 112 valence electrons. The monoisotopic (exact) mass is 299 g/mol. The summed E-state index contributed by atoms with van der Waals surface area (Å²) in [5.41, 5.74) is 0. The molecule has 7 nitrogen and oxygen atoms in total. The van der Waals surface area contributed by atoms with Gasteiger partial charge in [0.25, 0.3) is 0 Å². The lowest BCUT2D eigenvalue weighted by Gasteiger charge is -2.38. The Morgan fingerprint density at radius 3 is 2.85 bits per heavy atom. The van der Waals surface area contributed by atoms with Gasteiger partial charge in [0, 0.05) is 32.2 Å². The number of rotatable bonds is 5. The number of aryl methyl sites for hydroxylation is 1. The molecule has 0 radical (unpaired) electrons. The molecular weight excluding hydrogens is 278 g/mol. The van der Waals surface area contributed by atoms with E-state index in [2.05, 4.69) is 34.1 Å². The highest BCUT2D eigenvalue weighted by molar-refractivity contribution is 7.99. The Labute approximate surface area is 123 Å². The smallest absolute Gasteiger partial charge is 0.313 e. The second-order valence-corrected chi connectivity index (χ2v) is 6.16. The van der Waals surface area contributed by atoms with E-state index in [-0.39, 0.29) is 5.75 Å². The van der Waals surface area contributed by atoms with E-state index in [9.17, 15) is 4.79 Å². The van der Waals surface area contributed by atoms with E-state index < -0.39 is 5.97 Å². The Morgan fingerprint density at radius 1 is 1.40 bits per heavy atom. The summed E-state index contributed by atoms with van der Waals surface area (Å²) >= 11 is 1.22. The van der Waals surface area contributed by atoms with Gasteiger partial charge < -0.3 is 14.6 Å². The summed E-state index contributed by atoms with van der Waals surface area (Å²) in [7, 11) is 4.25. The van der Waals surface area contributed by atoms with Crippen molar-refractivity contribution in [3.8, 4) is 0 Å². The van der Waals surface area contributed by atoms with Crippen LogP contribution in [0.25, 0.3) is 0 Å². The fraction of sp³-hybridized carbons (Fsp3) is 0.750. The van der Waals surface area contributed by atoms with E-state index in [0.29, 0.717) is 11.2 Å². The van der Waals surface area contributed by atoms with Crippen molar-refractivity contribution in [3.63, 3.8) is 0 Å². The second-order valence-electron chi connectivity index (χ2n) is 5.22. The first kappa shape index (κ1) is 15.3. The van der Waals surface area contributed by atoms with Crippen LogP contribution in [0.5, 0.6) is 0 Å². The Morgan fingerprint density at radius 2 is 2.15 bits per heavy atom. The lowest BCUT2D eigenvalue weighted by atomic mass is 10.2. The third-order valence-corrected chi connectivity index (χ3v) is 4.55. The van der Waals surface area contributed by atoms with Crippen LogP contribution in [-0.2, 0) is 11.3 Å².